The predicted molar refractivity (Wildman–Crippen MR) is 137 cm³/mol. The number of nitrogens with zero attached hydrogens (tertiary/aromatic N) is 2. The molecule has 0 saturated heterocycles. The lowest BCUT2D eigenvalue weighted by Crippen LogP contribution is -2.30. The van der Waals surface area contributed by atoms with Gasteiger partial charge in [-0.25, -0.2) is 13.8 Å². The molecular formula is C24H18Cl3N3O5S. The molecule has 0 unspecified atom stereocenters. The summed E-state index contributed by atoms with van der Waals surface area (Å²) in [5, 5.41) is 4.92. The third kappa shape index (κ3) is 6.37. The van der Waals surface area contributed by atoms with Crippen LogP contribution in [0.2, 0.25) is 15.1 Å². The van der Waals surface area contributed by atoms with Crippen LogP contribution < -0.4 is 5.43 Å². The predicted octanol–water partition coefficient (Wildman–Crippen LogP) is 5.99. The molecule has 2 aromatic carbocycles. The molecule has 0 aliphatic heterocycles. The monoisotopic (exact) mass is 565 g/mol. The topological polar surface area (TPSA) is 105 Å². The van der Waals surface area contributed by atoms with Crippen LogP contribution in [0.3, 0.4) is 0 Å². The summed E-state index contributed by atoms with van der Waals surface area (Å²) in [7, 11) is -3.94. The van der Waals surface area contributed by atoms with E-state index in [9.17, 15) is 13.2 Å². The number of carbonyl (C=O) groups is 1. The highest BCUT2D eigenvalue weighted by Gasteiger charge is 2.26. The molecule has 0 atom stereocenters. The molecule has 2 aromatic heterocycles. The Labute approximate surface area is 222 Å². The summed E-state index contributed by atoms with van der Waals surface area (Å²) >= 11 is 18.1. The smallest absolute Gasteiger partial charge is 0.307 e. The van der Waals surface area contributed by atoms with Gasteiger partial charge in [-0.05, 0) is 66.2 Å². The molecule has 0 aliphatic rings. The molecule has 0 fully saturated rings. The van der Waals surface area contributed by atoms with Crippen molar-refractivity contribution in [3.05, 3.63) is 111 Å². The maximum absolute atomic E-state index is 13.5. The van der Waals surface area contributed by atoms with Crippen LogP contribution in [-0.2, 0) is 23.1 Å². The van der Waals surface area contributed by atoms with Crippen molar-refractivity contribution in [2.45, 2.75) is 18.0 Å². The van der Waals surface area contributed by atoms with Gasteiger partial charge >= 0.3 is 5.91 Å². The SMILES string of the molecule is O=C(N/N=C\c1ccc(CN(Cc2ccc(Cl)c(Cl)c2)S(=O)(=O)c2ccc(Cl)cc2)o1)c1ccco1. The van der Waals surface area contributed by atoms with Gasteiger partial charge in [0.25, 0.3) is 0 Å². The van der Waals surface area contributed by atoms with Crippen molar-refractivity contribution in [3.63, 3.8) is 0 Å². The van der Waals surface area contributed by atoms with Gasteiger partial charge in [0.05, 0.1) is 34.0 Å². The summed E-state index contributed by atoms with van der Waals surface area (Å²) in [6, 6.07) is 17.1. The number of furan rings is 2. The summed E-state index contributed by atoms with van der Waals surface area (Å²) in [5.41, 5.74) is 2.95. The number of benzene rings is 2. The van der Waals surface area contributed by atoms with Crippen molar-refractivity contribution in [2.24, 2.45) is 5.10 Å². The minimum atomic E-state index is -3.94. The summed E-state index contributed by atoms with van der Waals surface area (Å²) in [5.74, 6) is 0.247. The van der Waals surface area contributed by atoms with Crippen LogP contribution in [0.5, 0.6) is 0 Å². The van der Waals surface area contributed by atoms with E-state index in [1.165, 1.54) is 47.1 Å². The van der Waals surface area contributed by atoms with Gasteiger partial charge in [-0.3, -0.25) is 4.79 Å². The van der Waals surface area contributed by atoms with Crippen molar-refractivity contribution in [3.8, 4) is 0 Å². The lowest BCUT2D eigenvalue weighted by molar-refractivity contribution is 0.0927. The van der Waals surface area contributed by atoms with Gasteiger partial charge in [0.15, 0.2) is 5.76 Å². The van der Waals surface area contributed by atoms with E-state index in [-0.39, 0.29) is 23.7 Å². The molecule has 1 N–H and O–H groups in total. The Balaban J connectivity index is 1.54. The summed E-state index contributed by atoms with van der Waals surface area (Å²) in [6.45, 7) is -0.0804. The highest BCUT2D eigenvalue weighted by molar-refractivity contribution is 7.89. The third-order valence-corrected chi connectivity index (χ3v) is 7.71. The van der Waals surface area contributed by atoms with Gasteiger partial charge in [0.2, 0.25) is 10.0 Å². The first-order valence-corrected chi connectivity index (χ1v) is 12.9. The summed E-state index contributed by atoms with van der Waals surface area (Å²) in [6.07, 6.45) is 2.67. The molecule has 0 bridgehead atoms. The van der Waals surface area contributed by atoms with Crippen molar-refractivity contribution < 1.29 is 22.0 Å². The molecule has 0 spiro atoms. The Morgan fingerprint density at radius 2 is 1.75 bits per heavy atom. The second-order valence-corrected chi connectivity index (χ2v) is 10.6. The quantitative estimate of drug-likeness (QED) is 0.198. The van der Waals surface area contributed by atoms with Gasteiger partial charge in [-0.1, -0.05) is 40.9 Å². The van der Waals surface area contributed by atoms with E-state index in [1.807, 2.05) is 0 Å². The minimum absolute atomic E-state index is 0.00513. The molecular weight excluding hydrogens is 549 g/mol. The maximum atomic E-state index is 13.5. The Morgan fingerprint density at radius 3 is 2.44 bits per heavy atom. The normalized spacial score (nSPS) is 11.9. The van der Waals surface area contributed by atoms with Gasteiger partial charge in [-0.2, -0.15) is 9.41 Å². The van der Waals surface area contributed by atoms with E-state index in [0.29, 0.717) is 32.2 Å². The van der Waals surface area contributed by atoms with Crippen LogP contribution in [0.4, 0.5) is 0 Å². The average molecular weight is 567 g/mol. The standard InChI is InChI=1S/C24H18Cl3N3O5S/c25-17-4-8-20(9-5-17)36(32,33)30(14-16-3-10-21(26)22(27)12-16)15-19-7-6-18(35-19)13-28-29-24(31)23-2-1-11-34-23/h1-13H,14-15H2,(H,29,31)/b28-13-. The van der Waals surface area contributed by atoms with Crippen LogP contribution in [0.15, 0.2) is 91.8 Å². The molecule has 186 valence electrons. The van der Waals surface area contributed by atoms with E-state index in [1.54, 1.807) is 36.4 Å². The minimum Gasteiger partial charge on any atom is -0.459 e. The first-order valence-electron chi connectivity index (χ1n) is 10.4. The number of hydrogen-bond donors (Lipinski definition) is 1. The molecule has 4 aromatic rings. The van der Waals surface area contributed by atoms with Crippen molar-refractivity contribution in [1.29, 1.82) is 0 Å². The Bertz CT molecular complexity index is 1480. The lowest BCUT2D eigenvalue weighted by atomic mass is 10.2. The van der Waals surface area contributed by atoms with E-state index >= 15 is 0 Å². The second-order valence-electron chi connectivity index (χ2n) is 7.46. The van der Waals surface area contributed by atoms with Gasteiger partial charge in [-0.15, -0.1) is 0 Å². The van der Waals surface area contributed by atoms with E-state index < -0.39 is 15.9 Å². The van der Waals surface area contributed by atoms with Crippen LogP contribution in [0.25, 0.3) is 0 Å². The van der Waals surface area contributed by atoms with Crippen LogP contribution >= 0.6 is 34.8 Å². The number of amides is 1. The third-order valence-electron chi connectivity index (χ3n) is 4.91. The first-order chi connectivity index (χ1) is 17.2. The fourth-order valence-corrected chi connectivity index (χ4v) is 5.00. The largest absolute Gasteiger partial charge is 0.459 e. The lowest BCUT2D eigenvalue weighted by Gasteiger charge is -2.22. The van der Waals surface area contributed by atoms with Crippen molar-refractivity contribution in [2.75, 3.05) is 0 Å². The van der Waals surface area contributed by atoms with Gasteiger partial charge in [0, 0.05) is 11.6 Å². The fraction of sp³-hybridized carbons (Fsp3) is 0.0833. The zero-order valence-electron chi connectivity index (χ0n) is 18.4. The van der Waals surface area contributed by atoms with Crippen LogP contribution in [-0.4, -0.2) is 24.8 Å². The van der Waals surface area contributed by atoms with E-state index in [4.69, 9.17) is 43.6 Å². The summed E-state index contributed by atoms with van der Waals surface area (Å²) in [4.78, 5) is 12.0. The highest BCUT2D eigenvalue weighted by Crippen LogP contribution is 2.27. The number of carbonyl (C=O) groups excluding carboxylic acids is 1. The molecule has 8 nitrogen and oxygen atoms in total. The molecule has 2 heterocycles. The van der Waals surface area contributed by atoms with Gasteiger partial charge < -0.3 is 8.83 Å². The Morgan fingerprint density at radius 1 is 0.972 bits per heavy atom. The van der Waals surface area contributed by atoms with E-state index in [2.05, 4.69) is 10.5 Å². The molecule has 36 heavy (non-hydrogen) atoms. The maximum Gasteiger partial charge on any atom is 0.307 e. The number of rotatable bonds is 9. The molecule has 1 amide bonds. The summed E-state index contributed by atoms with van der Waals surface area (Å²) < 4.78 is 38.9. The molecule has 0 radical (unpaired) electrons. The molecule has 0 saturated carbocycles. The average Bonchev–Trinajstić information content (AvgIpc) is 3.54. The van der Waals surface area contributed by atoms with Crippen LogP contribution in [0, 0.1) is 0 Å². The number of halogens is 3. The van der Waals surface area contributed by atoms with Crippen molar-refractivity contribution >= 4 is 56.9 Å². The second kappa shape index (κ2) is 11.3. The number of sulfonamides is 1. The van der Waals surface area contributed by atoms with E-state index in [0.717, 1.165) is 0 Å². The number of hydrazone groups is 1. The van der Waals surface area contributed by atoms with Gasteiger partial charge in [0.1, 0.15) is 11.5 Å². The number of hydrogen-bond acceptors (Lipinski definition) is 6. The fourth-order valence-electron chi connectivity index (χ4n) is 3.16. The Hall–Kier alpha value is -3.08. The molecule has 0 aliphatic carbocycles. The molecule has 12 heteroatoms. The zero-order valence-corrected chi connectivity index (χ0v) is 21.5. The van der Waals surface area contributed by atoms with Crippen LogP contribution in [0.1, 0.15) is 27.6 Å². The first kappa shape index (κ1) is 26.0. The zero-order chi connectivity index (χ0) is 25.7. The number of nitrogens with one attached hydrogen (secondary N) is 1. The Kier molecular flexibility index (Phi) is 8.17. The highest BCUT2D eigenvalue weighted by atomic mass is 35.5. The van der Waals surface area contributed by atoms with Crippen molar-refractivity contribution in [1.82, 2.24) is 9.73 Å². The molecule has 4 rings (SSSR count).